The average Bonchev–Trinajstić information content (AvgIpc) is 2.89. The van der Waals surface area contributed by atoms with Crippen LogP contribution < -0.4 is 5.32 Å². The number of halogens is 1. The molecule has 0 unspecified atom stereocenters. The minimum atomic E-state index is 0.0861. The molecule has 3 rings (SSSR count). The minimum Gasteiger partial charge on any atom is -0.353 e. The molecule has 0 saturated heterocycles. The highest BCUT2D eigenvalue weighted by Gasteiger charge is 2.19. The molecule has 1 amide bonds. The van der Waals surface area contributed by atoms with E-state index in [0.717, 1.165) is 34.9 Å². The van der Waals surface area contributed by atoms with Crippen molar-refractivity contribution in [2.75, 3.05) is 5.75 Å². The van der Waals surface area contributed by atoms with Crippen LogP contribution in [-0.4, -0.2) is 27.7 Å². The largest absolute Gasteiger partial charge is 0.353 e. The van der Waals surface area contributed by atoms with Gasteiger partial charge in [0.25, 0.3) is 0 Å². The number of rotatable bonds is 4. The Balaban J connectivity index is 1.51. The van der Waals surface area contributed by atoms with Gasteiger partial charge >= 0.3 is 0 Å². The van der Waals surface area contributed by atoms with Crippen LogP contribution in [0.3, 0.4) is 0 Å². The first kappa shape index (κ1) is 15.7. The molecule has 1 saturated carbocycles. The zero-order chi connectivity index (χ0) is 15.5. The zero-order valence-corrected chi connectivity index (χ0v) is 14.1. The van der Waals surface area contributed by atoms with Gasteiger partial charge in [-0.1, -0.05) is 30.3 Å². The fraction of sp³-hybridized carbons (Fsp3) is 0.500. The second-order valence-corrected chi connectivity index (χ2v) is 7.42. The third kappa shape index (κ3) is 3.96. The molecule has 0 bridgehead atoms. The van der Waals surface area contributed by atoms with E-state index in [4.69, 9.17) is 11.6 Å². The van der Waals surface area contributed by atoms with Crippen LogP contribution in [0.15, 0.2) is 23.4 Å². The van der Waals surface area contributed by atoms with Gasteiger partial charge in [0.1, 0.15) is 0 Å². The molecular weight excluding hydrogens is 318 g/mol. The molecule has 0 radical (unpaired) electrons. The zero-order valence-electron chi connectivity index (χ0n) is 12.6. The summed E-state index contributed by atoms with van der Waals surface area (Å²) in [4.78, 5) is 19.7. The maximum Gasteiger partial charge on any atom is 0.230 e. The number of benzene rings is 1. The lowest BCUT2D eigenvalue weighted by molar-refractivity contribution is -0.119. The molecule has 1 heterocycles. The lowest BCUT2D eigenvalue weighted by Crippen LogP contribution is -2.38. The fourth-order valence-electron chi connectivity index (χ4n) is 2.83. The predicted octanol–water partition coefficient (Wildman–Crippen LogP) is 4.00. The van der Waals surface area contributed by atoms with Crippen LogP contribution in [-0.2, 0) is 4.79 Å². The molecule has 1 aliphatic rings. The van der Waals surface area contributed by atoms with Crippen molar-refractivity contribution in [3.05, 3.63) is 23.2 Å². The van der Waals surface area contributed by atoms with E-state index in [0.29, 0.717) is 16.8 Å². The number of carbonyl (C=O) groups excluding carboxylic acids is 1. The summed E-state index contributed by atoms with van der Waals surface area (Å²) < 4.78 is 0. The van der Waals surface area contributed by atoms with E-state index in [2.05, 4.69) is 22.2 Å². The van der Waals surface area contributed by atoms with Gasteiger partial charge in [0, 0.05) is 11.1 Å². The van der Waals surface area contributed by atoms with E-state index in [9.17, 15) is 4.79 Å². The second kappa shape index (κ2) is 6.92. The Labute approximate surface area is 139 Å². The summed E-state index contributed by atoms with van der Waals surface area (Å²) in [7, 11) is 0. The molecule has 1 aromatic carbocycles. The fourth-order valence-corrected chi connectivity index (χ4v) is 3.70. The van der Waals surface area contributed by atoms with Gasteiger partial charge in [-0.05, 0) is 49.8 Å². The van der Waals surface area contributed by atoms with Gasteiger partial charge in [-0.15, -0.1) is 0 Å². The Kier molecular flexibility index (Phi) is 4.93. The summed E-state index contributed by atoms with van der Waals surface area (Å²) in [5, 5.41) is 4.56. The van der Waals surface area contributed by atoms with E-state index >= 15 is 0 Å². The molecule has 2 N–H and O–H groups in total. The first-order chi connectivity index (χ1) is 10.6. The summed E-state index contributed by atoms with van der Waals surface area (Å²) in [5.74, 6) is 1.27. The van der Waals surface area contributed by atoms with Gasteiger partial charge in [-0.2, -0.15) is 0 Å². The van der Waals surface area contributed by atoms with Crippen LogP contribution in [0.25, 0.3) is 11.0 Å². The summed E-state index contributed by atoms with van der Waals surface area (Å²) >= 11 is 7.38. The SMILES string of the molecule is CC1CCC(NC(=O)CSc2nc3ccc(Cl)cc3[nH]2)CC1. The van der Waals surface area contributed by atoms with Crippen molar-refractivity contribution in [2.24, 2.45) is 5.92 Å². The molecular formula is C16H20ClN3OS. The Hall–Kier alpha value is -1.20. The van der Waals surface area contributed by atoms with Gasteiger partial charge in [-0.3, -0.25) is 4.79 Å². The quantitative estimate of drug-likeness (QED) is 0.829. The topological polar surface area (TPSA) is 57.8 Å². The van der Waals surface area contributed by atoms with Gasteiger partial charge in [0.2, 0.25) is 5.91 Å². The van der Waals surface area contributed by atoms with Crippen molar-refractivity contribution in [2.45, 2.75) is 43.8 Å². The van der Waals surface area contributed by atoms with Crippen molar-refractivity contribution in [1.29, 1.82) is 0 Å². The van der Waals surface area contributed by atoms with Gasteiger partial charge in [0.15, 0.2) is 5.16 Å². The maximum atomic E-state index is 12.0. The number of hydrogen-bond acceptors (Lipinski definition) is 3. The predicted molar refractivity (Wildman–Crippen MR) is 91.4 cm³/mol. The van der Waals surface area contributed by atoms with Gasteiger partial charge in [-0.25, -0.2) is 4.98 Å². The number of amides is 1. The molecule has 1 aliphatic carbocycles. The van der Waals surface area contributed by atoms with Crippen LogP contribution in [0.5, 0.6) is 0 Å². The summed E-state index contributed by atoms with van der Waals surface area (Å²) in [5.41, 5.74) is 1.77. The number of fused-ring (bicyclic) bond motifs is 1. The Morgan fingerprint density at radius 1 is 1.41 bits per heavy atom. The highest BCUT2D eigenvalue weighted by atomic mass is 35.5. The number of aromatic nitrogens is 2. The highest BCUT2D eigenvalue weighted by molar-refractivity contribution is 7.99. The molecule has 4 nitrogen and oxygen atoms in total. The van der Waals surface area contributed by atoms with Crippen molar-refractivity contribution >= 4 is 40.3 Å². The maximum absolute atomic E-state index is 12.0. The van der Waals surface area contributed by atoms with Gasteiger partial charge < -0.3 is 10.3 Å². The monoisotopic (exact) mass is 337 g/mol. The highest BCUT2D eigenvalue weighted by Crippen LogP contribution is 2.24. The first-order valence-corrected chi connectivity index (χ1v) is 9.04. The second-order valence-electron chi connectivity index (χ2n) is 6.02. The summed E-state index contributed by atoms with van der Waals surface area (Å²) in [6.07, 6.45) is 4.62. The van der Waals surface area contributed by atoms with Crippen molar-refractivity contribution in [1.82, 2.24) is 15.3 Å². The number of carbonyl (C=O) groups is 1. The molecule has 2 aromatic rings. The lowest BCUT2D eigenvalue weighted by atomic mass is 9.87. The molecule has 0 atom stereocenters. The van der Waals surface area contributed by atoms with Crippen molar-refractivity contribution < 1.29 is 4.79 Å². The first-order valence-electron chi connectivity index (χ1n) is 7.67. The number of aromatic amines is 1. The molecule has 22 heavy (non-hydrogen) atoms. The number of imidazole rings is 1. The Bertz CT molecular complexity index is 664. The standard InChI is InChI=1S/C16H20ClN3OS/c1-10-2-5-12(6-3-10)18-15(21)9-22-16-19-13-7-4-11(17)8-14(13)20-16/h4,7-8,10,12H,2-3,5-6,9H2,1H3,(H,18,21)(H,19,20). The van der Waals surface area contributed by atoms with Crippen molar-refractivity contribution in [3.8, 4) is 0 Å². The summed E-state index contributed by atoms with van der Waals surface area (Å²) in [6.45, 7) is 2.28. The number of hydrogen-bond donors (Lipinski definition) is 2. The number of thioether (sulfide) groups is 1. The van der Waals surface area contributed by atoms with E-state index in [1.165, 1.54) is 24.6 Å². The lowest BCUT2D eigenvalue weighted by Gasteiger charge is -2.26. The van der Waals surface area contributed by atoms with Crippen LogP contribution in [0, 0.1) is 5.92 Å². The minimum absolute atomic E-state index is 0.0861. The van der Waals surface area contributed by atoms with E-state index in [-0.39, 0.29) is 5.91 Å². The third-order valence-electron chi connectivity index (χ3n) is 4.14. The third-order valence-corrected chi connectivity index (χ3v) is 5.25. The molecule has 6 heteroatoms. The number of nitrogens with zero attached hydrogens (tertiary/aromatic N) is 1. The van der Waals surface area contributed by atoms with Crippen molar-refractivity contribution in [3.63, 3.8) is 0 Å². The molecule has 1 fully saturated rings. The normalized spacial score (nSPS) is 21.9. The Morgan fingerprint density at radius 2 is 2.18 bits per heavy atom. The number of nitrogens with one attached hydrogen (secondary N) is 2. The molecule has 0 aliphatic heterocycles. The van der Waals surface area contributed by atoms with E-state index in [1.807, 2.05) is 18.2 Å². The smallest absolute Gasteiger partial charge is 0.230 e. The van der Waals surface area contributed by atoms with Gasteiger partial charge in [0.05, 0.1) is 16.8 Å². The van der Waals surface area contributed by atoms with E-state index in [1.54, 1.807) is 0 Å². The molecule has 1 aromatic heterocycles. The molecule has 0 spiro atoms. The van der Waals surface area contributed by atoms with Crippen LogP contribution >= 0.6 is 23.4 Å². The van der Waals surface area contributed by atoms with E-state index < -0.39 is 0 Å². The Morgan fingerprint density at radius 3 is 2.95 bits per heavy atom. The van der Waals surface area contributed by atoms with Crippen LogP contribution in [0.4, 0.5) is 0 Å². The average molecular weight is 338 g/mol. The van der Waals surface area contributed by atoms with Crippen LogP contribution in [0.1, 0.15) is 32.6 Å². The summed E-state index contributed by atoms with van der Waals surface area (Å²) in [6, 6.07) is 5.88. The number of H-pyrrole nitrogens is 1. The molecule has 118 valence electrons. The van der Waals surface area contributed by atoms with Crippen LogP contribution in [0.2, 0.25) is 5.02 Å².